The maximum Gasteiger partial charge on any atom is 0.312 e. The van der Waals surface area contributed by atoms with Crippen LogP contribution in [0.2, 0.25) is 0 Å². The van der Waals surface area contributed by atoms with Gasteiger partial charge < -0.3 is 41.9 Å². The number of hydrogen-bond acceptors (Lipinski definition) is 8. The first kappa shape index (κ1) is 24.2. The molecule has 0 saturated carbocycles. The fourth-order valence-electron chi connectivity index (χ4n) is 2.14. The highest BCUT2D eigenvalue weighted by molar-refractivity contribution is 5.91. The molecule has 0 unspecified atom stereocenters. The minimum atomic E-state index is -2.13. The first-order valence-corrected chi connectivity index (χ1v) is 8.23. The topological polar surface area (TPSA) is 202 Å². The first-order chi connectivity index (χ1) is 12.0. The van der Waals surface area contributed by atoms with E-state index in [4.69, 9.17) is 10.8 Å². The number of primary amides is 1. The van der Waals surface area contributed by atoms with Crippen molar-refractivity contribution >= 4 is 17.7 Å². The maximum absolute atomic E-state index is 12.2. The predicted octanol–water partition coefficient (Wildman–Crippen LogP) is -3.42. The van der Waals surface area contributed by atoms with E-state index in [1.807, 2.05) is 0 Å². The summed E-state index contributed by atoms with van der Waals surface area (Å²) in [4.78, 5) is 34.9. The molecule has 0 aromatic heterocycles. The molecular formula is C15H29N3O8. The van der Waals surface area contributed by atoms with Gasteiger partial charge in [0.1, 0.15) is 18.3 Å². The van der Waals surface area contributed by atoms with Crippen molar-refractivity contribution in [2.75, 3.05) is 13.2 Å². The molecule has 0 bridgehead atoms. The number of urea groups is 1. The van der Waals surface area contributed by atoms with E-state index in [9.17, 15) is 34.8 Å². The Morgan fingerprint density at radius 3 is 2.08 bits per heavy atom. The lowest BCUT2D eigenvalue weighted by Gasteiger charge is -2.27. The van der Waals surface area contributed by atoms with Crippen molar-refractivity contribution in [3.63, 3.8) is 0 Å². The fraction of sp³-hybridized carbons (Fsp3) is 0.800. The van der Waals surface area contributed by atoms with E-state index in [0.29, 0.717) is 6.42 Å². The van der Waals surface area contributed by atoms with Gasteiger partial charge in [-0.25, -0.2) is 4.79 Å². The quantitative estimate of drug-likeness (QED) is 0.160. The molecule has 0 aromatic carbocycles. The number of nitrogens with one attached hydrogen (secondary N) is 2. The van der Waals surface area contributed by atoms with Crippen LogP contribution >= 0.6 is 0 Å². The lowest BCUT2D eigenvalue weighted by Crippen LogP contribution is -2.54. The van der Waals surface area contributed by atoms with Crippen molar-refractivity contribution in [2.45, 2.75) is 57.1 Å². The molecule has 0 radical (unpaired) electrons. The van der Waals surface area contributed by atoms with Gasteiger partial charge in [-0.3, -0.25) is 9.59 Å². The SMILES string of the molecule is CC(C)C(=O)[C@H](CCCNC(N)=O)NC(=O)[C@@H](O)[C@@H](O)[C@@H](O)[C@@H](O)CO. The van der Waals surface area contributed by atoms with Crippen LogP contribution in [0.5, 0.6) is 0 Å². The van der Waals surface area contributed by atoms with E-state index in [0.717, 1.165) is 0 Å². The predicted molar refractivity (Wildman–Crippen MR) is 89.7 cm³/mol. The first-order valence-electron chi connectivity index (χ1n) is 8.23. The van der Waals surface area contributed by atoms with Crippen LogP contribution in [0.15, 0.2) is 0 Å². The Morgan fingerprint density at radius 2 is 1.62 bits per heavy atom. The highest BCUT2D eigenvalue weighted by Gasteiger charge is 2.35. The van der Waals surface area contributed by atoms with Gasteiger partial charge in [-0.1, -0.05) is 13.8 Å². The summed E-state index contributed by atoms with van der Waals surface area (Å²) in [5.41, 5.74) is 4.93. The average Bonchev–Trinajstić information content (AvgIpc) is 2.60. The highest BCUT2D eigenvalue weighted by atomic mass is 16.4. The van der Waals surface area contributed by atoms with Gasteiger partial charge in [0, 0.05) is 12.5 Å². The summed E-state index contributed by atoms with van der Waals surface area (Å²) in [7, 11) is 0. The van der Waals surface area contributed by atoms with Crippen molar-refractivity contribution in [2.24, 2.45) is 11.7 Å². The van der Waals surface area contributed by atoms with Crippen molar-refractivity contribution < 1.29 is 39.9 Å². The summed E-state index contributed by atoms with van der Waals surface area (Å²) in [6.07, 6.45) is -7.44. The molecule has 0 saturated heterocycles. The molecule has 26 heavy (non-hydrogen) atoms. The van der Waals surface area contributed by atoms with E-state index in [-0.39, 0.29) is 18.7 Å². The second-order valence-electron chi connectivity index (χ2n) is 6.23. The third-order valence-electron chi connectivity index (χ3n) is 3.72. The number of carbonyl (C=O) groups is 3. The van der Waals surface area contributed by atoms with Crippen molar-refractivity contribution in [1.82, 2.24) is 10.6 Å². The molecule has 5 atom stereocenters. The van der Waals surface area contributed by atoms with E-state index in [2.05, 4.69) is 10.6 Å². The summed E-state index contributed by atoms with van der Waals surface area (Å²) >= 11 is 0. The Morgan fingerprint density at radius 1 is 1.04 bits per heavy atom. The largest absolute Gasteiger partial charge is 0.394 e. The molecule has 3 amide bonds. The Bertz CT molecular complexity index is 474. The van der Waals surface area contributed by atoms with Crippen molar-refractivity contribution in [3.8, 4) is 0 Å². The zero-order valence-corrected chi connectivity index (χ0v) is 14.8. The highest BCUT2D eigenvalue weighted by Crippen LogP contribution is 2.09. The summed E-state index contributed by atoms with van der Waals surface area (Å²) in [5, 5.41) is 51.7. The summed E-state index contributed by atoms with van der Waals surface area (Å²) in [5.74, 6) is -1.87. The Balaban J connectivity index is 4.87. The van der Waals surface area contributed by atoms with Crippen LogP contribution < -0.4 is 16.4 Å². The van der Waals surface area contributed by atoms with Crippen molar-refractivity contribution in [3.05, 3.63) is 0 Å². The van der Waals surface area contributed by atoms with E-state index >= 15 is 0 Å². The van der Waals surface area contributed by atoms with Crippen LogP contribution in [-0.2, 0) is 9.59 Å². The summed E-state index contributed by atoms with van der Waals surface area (Å²) in [6.45, 7) is 2.54. The van der Waals surface area contributed by atoms with Gasteiger partial charge in [0.2, 0.25) is 0 Å². The zero-order chi connectivity index (χ0) is 20.4. The number of ketones is 1. The molecule has 0 aliphatic heterocycles. The number of amides is 3. The van der Waals surface area contributed by atoms with Gasteiger partial charge in [0.25, 0.3) is 5.91 Å². The standard InChI is InChI=1S/C15H29N3O8/c1-7(2)10(21)8(4-3-5-17-15(16)26)18-14(25)13(24)12(23)11(22)9(20)6-19/h7-9,11-13,19-20,22-24H,3-6H2,1-2H3,(H,18,25)(H3,16,17,26)/t8-,9-,11-,12-,13-/m0/s1. The number of hydrogen-bond donors (Lipinski definition) is 8. The Kier molecular flexibility index (Phi) is 10.9. The van der Waals surface area contributed by atoms with Crippen LogP contribution in [0.25, 0.3) is 0 Å². The van der Waals surface area contributed by atoms with Crippen LogP contribution in [0, 0.1) is 5.92 Å². The molecule has 9 N–H and O–H groups in total. The minimum absolute atomic E-state index is 0.146. The van der Waals surface area contributed by atoms with Gasteiger partial charge >= 0.3 is 6.03 Å². The number of aliphatic hydroxyl groups excluding tert-OH is 5. The molecule has 11 heteroatoms. The van der Waals surface area contributed by atoms with Gasteiger partial charge in [-0.05, 0) is 12.8 Å². The number of rotatable bonds is 12. The monoisotopic (exact) mass is 379 g/mol. The van der Waals surface area contributed by atoms with Crippen LogP contribution in [-0.4, -0.2) is 86.9 Å². The molecule has 0 aliphatic carbocycles. The second-order valence-corrected chi connectivity index (χ2v) is 6.23. The van der Waals surface area contributed by atoms with Gasteiger partial charge in [-0.15, -0.1) is 0 Å². The molecule has 0 rings (SSSR count). The fourth-order valence-corrected chi connectivity index (χ4v) is 2.14. The van der Waals surface area contributed by atoms with Gasteiger partial charge in [0.15, 0.2) is 11.9 Å². The number of carbonyl (C=O) groups excluding carboxylic acids is 3. The molecule has 11 nitrogen and oxygen atoms in total. The van der Waals surface area contributed by atoms with Crippen LogP contribution in [0.3, 0.4) is 0 Å². The lowest BCUT2D eigenvalue weighted by molar-refractivity contribution is -0.150. The molecule has 0 aromatic rings. The smallest absolute Gasteiger partial charge is 0.312 e. The average molecular weight is 379 g/mol. The van der Waals surface area contributed by atoms with Gasteiger partial charge in [0.05, 0.1) is 12.6 Å². The zero-order valence-electron chi connectivity index (χ0n) is 14.8. The minimum Gasteiger partial charge on any atom is -0.394 e. The molecule has 0 spiro atoms. The third kappa shape index (κ3) is 8.06. The Labute approximate surface area is 151 Å². The van der Waals surface area contributed by atoms with Crippen molar-refractivity contribution in [1.29, 1.82) is 0 Å². The second kappa shape index (κ2) is 11.8. The third-order valence-corrected chi connectivity index (χ3v) is 3.72. The molecule has 0 aliphatic rings. The lowest BCUT2D eigenvalue weighted by atomic mass is 9.96. The summed E-state index contributed by atoms with van der Waals surface area (Å²) < 4.78 is 0. The number of nitrogens with two attached hydrogens (primary N) is 1. The Hall–Kier alpha value is -1.79. The van der Waals surface area contributed by atoms with E-state index in [1.165, 1.54) is 0 Å². The number of aliphatic hydroxyl groups is 5. The van der Waals surface area contributed by atoms with Crippen LogP contribution in [0.4, 0.5) is 4.79 Å². The van der Waals surface area contributed by atoms with E-state index < -0.39 is 54.9 Å². The molecular weight excluding hydrogens is 350 g/mol. The molecule has 152 valence electrons. The summed E-state index contributed by atoms with van der Waals surface area (Å²) in [6, 6.07) is -1.71. The maximum atomic E-state index is 12.2. The van der Waals surface area contributed by atoms with Crippen LogP contribution in [0.1, 0.15) is 26.7 Å². The number of Topliss-reactive ketones (excluding diaryl/α,β-unsaturated/α-hetero) is 1. The molecule has 0 heterocycles. The molecule has 0 fully saturated rings. The van der Waals surface area contributed by atoms with E-state index in [1.54, 1.807) is 13.8 Å². The van der Waals surface area contributed by atoms with Gasteiger partial charge in [-0.2, -0.15) is 0 Å². The normalized spacial score (nSPS) is 17.1.